The third-order valence-electron chi connectivity index (χ3n) is 3.68. The number of aromatic nitrogens is 4. The lowest BCUT2D eigenvalue weighted by atomic mass is 10.2. The van der Waals surface area contributed by atoms with E-state index < -0.39 is 0 Å². The van der Waals surface area contributed by atoms with Crippen LogP contribution < -0.4 is 4.74 Å². The summed E-state index contributed by atoms with van der Waals surface area (Å²) in [6, 6.07) is 12.3. The Morgan fingerprint density at radius 2 is 1.64 bits per heavy atom. The van der Waals surface area contributed by atoms with Gasteiger partial charge in [0.2, 0.25) is 11.8 Å². The standard InChI is InChI=1S/C18H12Cl2N4O3S/c1-25-14-7-6-12(20)8-13(14)17-23-24-18(27-17)28-9-15-21-22-16(26-15)10-2-4-11(19)5-3-10/h2-8H,9H2,1H3. The Hall–Kier alpha value is -2.55. The van der Waals surface area contributed by atoms with E-state index >= 15 is 0 Å². The molecular weight excluding hydrogens is 423 g/mol. The molecule has 2 heterocycles. The fourth-order valence-corrected chi connectivity index (χ4v) is 3.27. The van der Waals surface area contributed by atoms with Gasteiger partial charge in [-0.15, -0.1) is 20.4 Å². The zero-order valence-corrected chi connectivity index (χ0v) is 16.8. The van der Waals surface area contributed by atoms with Gasteiger partial charge in [0.25, 0.3) is 11.1 Å². The molecule has 0 spiro atoms. The highest BCUT2D eigenvalue weighted by Gasteiger charge is 2.16. The van der Waals surface area contributed by atoms with Crippen molar-refractivity contribution in [2.24, 2.45) is 0 Å². The molecule has 0 radical (unpaired) electrons. The van der Waals surface area contributed by atoms with Gasteiger partial charge < -0.3 is 13.6 Å². The monoisotopic (exact) mass is 434 g/mol. The molecule has 0 atom stereocenters. The van der Waals surface area contributed by atoms with Gasteiger partial charge in [0.1, 0.15) is 5.75 Å². The van der Waals surface area contributed by atoms with E-state index in [0.717, 1.165) is 5.56 Å². The molecule has 0 aliphatic heterocycles. The molecule has 142 valence electrons. The van der Waals surface area contributed by atoms with Crippen LogP contribution in [-0.4, -0.2) is 27.5 Å². The lowest BCUT2D eigenvalue weighted by Gasteiger charge is -2.04. The summed E-state index contributed by atoms with van der Waals surface area (Å²) in [5.74, 6) is 2.15. The Kier molecular flexibility index (Phi) is 5.52. The summed E-state index contributed by atoms with van der Waals surface area (Å²) in [5, 5.41) is 17.7. The molecule has 2 aromatic carbocycles. The number of halogens is 2. The summed E-state index contributed by atoms with van der Waals surface area (Å²) in [7, 11) is 1.56. The second kappa shape index (κ2) is 8.22. The topological polar surface area (TPSA) is 87.1 Å². The fourth-order valence-electron chi connectivity index (χ4n) is 2.37. The van der Waals surface area contributed by atoms with Crippen molar-refractivity contribution in [2.75, 3.05) is 7.11 Å². The fraction of sp³-hybridized carbons (Fsp3) is 0.111. The first kappa shape index (κ1) is 18.8. The van der Waals surface area contributed by atoms with Gasteiger partial charge in [-0.2, -0.15) is 0 Å². The van der Waals surface area contributed by atoms with Crippen LogP contribution >= 0.6 is 35.0 Å². The van der Waals surface area contributed by atoms with E-state index in [9.17, 15) is 0 Å². The van der Waals surface area contributed by atoms with E-state index in [-0.39, 0.29) is 0 Å². The molecule has 28 heavy (non-hydrogen) atoms. The van der Waals surface area contributed by atoms with Gasteiger partial charge in [0.05, 0.1) is 18.4 Å². The maximum atomic E-state index is 6.05. The minimum absolute atomic E-state index is 0.314. The first-order valence-electron chi connectivity index (χ1n) is 8.01. The van der Waals surface area contributed by atoms with Gasteiger partial charge in [-0.3, -0.25) is 0 Å². The first-order valence-corrected chi connectivity index (χ1v) is 9.75. The van der Waals surface area contributed by atoms with E-state index in [1.165, 1.54) is 11.8 Å². The largest absolute Gasteiger partial charge is 0.496 e. The van der Waals surface area contributed by atoms with E-state index in [0.29, 0.717) is 50.0 Å². The highest BCUT2D eigenvalue weighted by atomic mass is 35.5. The lowest BCUT2D eigenvalue weighted by Crippen LogP contribution is -1.87. The van der Waals surface area contributed by atoms with Crippen LogP contribution in [-0.2, 0) is 5.75 Å². The van der Waals surface area contributed by atoms with E-state index in [1.54, 1.807) is 37.4 Å². The van der Waals surface area contributed by atoms with Crippen LogP contribution in [0.25, 0.3) is 22.9 Å². The molecule has 2 aromatic heterocycles. The molecule has 0 unspecified atom stereocenters. The van der Waals surface area contributed by atoms with Crippen LogP contribution in [0.15, 0.2) is 56.5 Å². The number of hydrogen-bond donors (Lipinski definition) is 0. The second-order valence-electron chi connectivity index (χ2n) is 5.51. The van der Waals surface area contributed by atoms with Crippen molar-refractivity contribution in [3.05, 3.63) is 58.4 Å². The Morgan fingerprint density at radius 3 is 2.43 bits per heavy atom. The highest BCUT2D eigenvalue weighted by Crippen LogP contribution is 2.33. The number of ether oxygens (including phenoxy) is 1. The van der Waals surface area contributed by atoms with Crippen molar-refractivity contribution in [1.82, 2.24) is 20.4 Å². The Balaban J connectivity index is 1.46. The Bertz CT molecular complexity index is 1100. The number of hydrogen-bond acceptors (Lipinski definition) is 8. The predicted octanol–water partition coefficient (Wildman–Crippen LogP) is 5.39. The second-order valence-corrected chi connectivity index (χ2v) is 7.31. The van der Waals surface area contributed by atoms with Crippen molar-refractivity contribution in [2.45, 2.75) is 11.0 Å². The molecule has 4 aromatic rings. The van der Waals surface area contributed by atoms with Crippen molar-refractivity contribution in [3.8, 4) is 28.7 Å². The third-order valence-corrected chi connectivity index (χ3v) is 4.97. The predicted molar refractivity (Wildman–Crippen MR) is 106 cm³/mol. The van der Waals surface area contributed by atoms with Crippen LogP contribution in [0.5, 0.6) is 5.75 Å². The first-order chi connectivity index (χ1) is 13.6. The van der Waals surface area contributed by atoms with Crippen LogP contribution in [0.3, 0.4) is 0 Å². The van der Waals surface area contributed by atoms with E-state index in [2.05, 4.69) is 20.4 Å². The molecule has 7 nitrogen and oxygen atoms in total. The number of methoxy groups -OCH3 is 1. The van der Waals surface area contributed by atoms with Gasteiger partial charge in [-0.25, -0.2) is 0 Å². The molecule has 4 rings (SSSR count). The zero-order chi connectivity index (χ0) is 19.5. The summed E-state index contributed by atoms with van der Waals surface area (Å²) in [6.45, 7) is 0. The van der Waals surface area contributed by atoms with Gasteiger partial charge in [-0.05, 0) is 42.5 Å². The average molecular weight is 435 g/mol. The molecule has 0 N–H and O–H groups in total. The molecule has 10 heteroatoms. The maximum absolute atomic E-state index is 6.05. The van der Waals surface area contributed by atoms with Gasteiger partial charge in [-0.1, -0.05) is 35.0 Å². The lowest BCUT2D eigenvalue weighted by molar-refractivity contribution is 0.411. The highest BCUT2D eigenvalue weighted by molar-refractivity contribution is 7.98. The van der Waals surface area contributed by atoms with Crippen LogP contribution in [0, 0.1) is 0 Å². The van der Waals surface area contributed by atoms with Gasteiger partial charge >= 0.3 is 0 Å². The van der Waals surface area contributed by atoms with Crippen molar-refractivity contribution >= 4 is 35.0 Å². The number of thioether (sulfide) groups is 1. The maximum Gasteiger partial charge on any atom is 0.277 e. The van der Waals surface area contributed by atoms with E-state index in [1.807, 2.05) is 12.1 Å². The molecule has 0 aliphatic rings. The minimum atomic E-state index is 0.314. The molecular formula is C18H12Cl2N4O3S. The third kappa shape index (κ3) is 4.14. The SMILES string of the molecule is COc1ccc(Cl)cc1-c1nnc(SCc2nnc(-c3ccc(Cl)cc3)o2)o1. The number of benzene rings is 2. The van der Waals surface area contributed by atoms with Crippen molar-refractivity contribution < 1.29 is 13.6 Å². The summed E-state index contributed by atoms with van der Waals surface area (Å²) in [5.41, 5.74) is 1.42. The van der Waals surface area contributed by atoms with Crippen LogP contribution in [0.2, 0.25) is 10.0 Å². The summed E-state index contributed by atoms with van der Waals surface area (Å²) in [6.07, 6.45) is 0. The van der Waals surface area contributed by atoms with Crippen LogP contribution in [0.4, 0.5) is 0 Å². The van der Waals surface area contributed by atoms with Crippen LogP contribution in [0.1, 0.15) is 5.89 Å². The molecule has 0 aliphatic carbocycles. The van der Waals surface area contributed by atoms with Crippen molar-refractivity contribution in [1.29, 1.82) is 0 Å². The average Bonchev–Trinajstić information content (AvgIpc) is 3.36. The summed E-state index contributed by atoms with van der Waals surface area (Å²) < 4.78 is 16.7. The smallest absolute Gasteiger partial charge is 0.277 e. The Labute approximate surface area is 174 Å². The molecule has 0 saturated heterocycles. The van der Waals surface area contributed by atoms with Gasteiger partial charge in [0, 0.05) is 15.6 Å². The quantitative estimate of drug-likeness (QED) is 0.373. The normalized spacial score (nSPS) is 11.0. The summed E-state index contributed by atoms with van der Waals surface area (Å²) in [4.78, 5) is 0. The molecule has 0 fully saturated rings. The molecule has 0 saturated carbocycles. The zero-order valence-electron chi connectivity index (χ0n) is 14.4. The molecule has 0 bridgehead atoms. The van der Waals surface area contributed by atoms with Gasteiger partial charge in [0.15, 0.2) is 0 Å². The molecule has 0 amide bonds. The number of nitrogens with zero attached hydrogens (tertiary/aromatic N) is 4. The number of rotatable bonds is 6. The Morgan fingerprint density at radius 1 is 0.893 bits per heavy atom. The minimum Gasteiger partial charge on any atom is -0.496 e. The van der Waals surface area contributed by atoms with Crippen molar-refractivity contribution in [3.63, 3.8) is 0 Å². The van der Waals surface area contributed by atoms with E-state index in [4.69, 9.17) is 36.8 Å². The summed E-state index contributed by atoms with van der Waals surface area (Å²) >= 11 is 13.2.